The van der Waals surface area contributed by atoms with Crippen LogP contribution in [0.1, 0.15) is 5.56 Å². The predicted molar refractivity (Wildman–Crippen MR) is 67.8 cm³/mol. The molecule has 0 fully saturated rings. The molecule has 4 nitrogen and oxygen atoms in total. The molecule has 1 aromatic carbocycles. The Hall–Kier alpha value is -1.85. The molecule has 0 spiro atoms. The van der Waals surface area contributed by atoms with Crippen LogP contribution in [-0.4, -0.2) is 18.0 Å². The van der Waals surface area contributed by atoms with Crippen LogP contribution in [0.3, 0.4) is 0 Å². The highest BCUT2D eigenvalue weighted by molar-refractivity contribution is 7.88. The van der Waals surface area contributed by atoms with Crippen LogP contribution in [0.15, 0.2) is 60.3 Å². The number of rotatable bonds is 2. The van der Waals surface area contributed by atoms with Crippen LogP contribution in [0.25, 0.3) is 6.08 Å². The number of hydrogen-bond acceptors (Lipinski definition) is 2. The van der Waals surface area contributed by atoms with Crippen LogP contribution >= 0.6 is 0 Å². The first-order valence-electron chi connectivity index (χ1n) is 4.86. The Kier molecular flexibility index (Phi) is 5.19. The summed E-state index contributed by atoms with van der Waals surface area (Å²) in [6.45, 7) is 0. The van der Waals surface area contributed by atoms with Crippen molar-refractivity contribution in [2.24, 2.45) is 0 Å². The molecule has 0 amide bonds. The van der Waals surface area contributed by atoms with Gasteiger partial charge in [0, 0.05) is 12.4 Å². The lowest BCUT2D eigenvalue weighted by Gasteiger charge is -1.89. The molecule has 2 aromatic rings. The lowest BCUT2D eigenvalue weighted by atomic mass is 10.2. The van der Waals surface area contributed by atoms with E-state index in [4.69, 9.17) is 4.55 Å². The Morgan fingerprint density at radius 1 is 1.00 bits per heavy atom. The lowest BCUT2D eigenvalue weighted by Crippen LogP contribution is -1.88. The summed E-state index contributed by atoms with van der Waals surface area (Å²) in [5, 5.41) is 0.752. The van der Waals surface area contributed by atoms with Gasteiger partial charge in [0.1, 0.15) is 0 Å². The van der Waals surface area contributed by atoms with Crippen molar-refractivity contribution in [2.75, 3.05) is 0 Å². The standard InChI is InChI=1S/C8H8O3S.C4H5N/c9-12(10,11)7-6-8-4-2-1-3-5-8;1-2-4-5-3-1/h1-7H,(H,9,10,11);1-5H. The molecule has 0 bridgehead atoms. The number of hydrogen-bond donors (Lipinski definition) is 2. The molecule has 90 valence electrons. The lowest BCUT2D eigenvalue weighted by molar-refractivity contribution is 0.494. The highest BCUT2D eigenvalue weighted by atomic mass is 32.2. The Balaban J connectivity index is 0.000000239. The minimum Gasteiger partial charge on any atom is -0.368 e. The summed E-state index contributed by atoms with van der Waals surface area (Å²) >= 11 is 0. The molecule has 0 saturated heterocycles. The smallest absolute Gasteiger partial charge is 0.287 e. The summed E-state index contributed by atoms with van der Waals surface area (Å²) in [6, 6.07) is 12.8. The zero-order valence-electron chi connectivity index (χ0n) is 9.02. The van der Waals surface area contributed by atoms with Crippen molar-refractivity contribution < 1.29 is 13.0 Å². The predicted octanol–water partition coefficient (Wildman–Crippen LogP) is 2.56. The first-order valence-corrected chi connectivity index (χ1v) is 6.36. The van der Waals surface area contributed by atoms with Crippen molar-refractivity contribution in [1.82, 2.24) is 4.98 Å². The van der Waals surface area contributed by atoms with Gasteiger partial charge in [0.05, 0.1) is 5.41 Å². The molecule has 5 heteroatoms. The van der Waals surface area contributed by atoms with Gasteiger partial charge >= 0.3 is 0 Å². The average molecular weight is 251 g/mol. The number of benzene rings is 1. The van der Waals surface area contributed by atoms with Gasteiger partial charge in [-0.25, -0.2) is 0 Å². The summed E-state index contributed by atoms with van der Waals surface area (Å²) in [5.41, 5.74) is 0.732. The molecular weight excluding hydrogens is 238 g/mol. The third-order valence-corrected chi connectivity index (χ3v) is 2.21. The molecular formula is C12H13NO3S. The summed E-state index contributed by atoms with van der Waals surface area (Å²) in [5.74, 6) is 0. The number of aromatic amines is 1. The van der Waals surface area contributed by atoms with E-state index >= 15 is 0 Å². The van der Waals surface area contributed by atoms with Gasteiger partial charge in [0.2, 0.25) is 0 Å². The zero-order chi connectivity index (χ0) is 12.6. The first-order chi connectivity index (χ1) is 8.08. The topological polar surface area (TPSA) is 70.2 Å². The SMILES string of the molecule is O=S(=O)(O)C=Cc1ccccc1.c1cc[nH]c1. The second-order valence-corrected chi connectivity index (χ2v) is 4.42. The van der Waals surface area contributed by atoms with Crippen molar-refractivity contribution in [1.29, 1.82) is 0 Å². The summed E-state index contributed by atoms with van der Waals surface area (Å²) in [4.78, 5) is 2.86. The van der Waals surface area contributed by atoms with Crippen molar-refractivity contribution in [3.63, 3.8) is 0 Å². The van der Waals surface area contributed by atoms with Crippen LogP contribution in [0, 0.1) is 0 Å². The molecule has 1 heterocycles. The molecule has 0 aliphatic carbocycles. The van der Waals surface area contributed by atoms with E-state index < -0.39 is 10.1 Å². The van der Waals surface area contributed by atoms with Crippen molar-refractivity contribution in [3.8, 4) is 0 Å². The van der Waals surface area contributed by atoms with E-state index in [-0.39, 0.29) is 0 Å². The molecule has 0 unspecified atom stereocenters. The second-order valence-electron chi connectivity index (χ2n) is 3.11. The molecule has 1 aromatic heterocycles. The molecule has 0 atom stereocenters. The monoisotopic (exact) mass is 251 g/mol. The minimum absolute atomic E-state index is 0.732. The molecule has 0 aliphatic rings. The quantitative estimate of drug-likeness (QED) is 0.806. The van der Waals surface area contributed by atoms with Crippen LogP contribution in [0.4, 0.5) is 0 Å². The van der Waals surface area contributed by atoms with Gasteiger partial charge in [-0.15, -0.1) is 0 Å². The third-order valence-electron chi connectivity index (χ3n) is 1.73. The molecule has 17 heavy (non-hydrogen) atoms. The maximum atomic E-state index is 10.3. The van der Waals surface area contributed by atoms with Crippen LogP contribution < -0.4 is 0 Å². The number of nitrogens with one attached hydrogen (secondary N) is 1. The molecule has 2 N–H and O–H groups in total. The second kappa shape index (κ2) is 6.67. The number of aromatic nitrogens is 1. The Morgan fingerprint density at radius 3 is 2.00 bits per heavy atom. The van der Waals surface area contributed by atoms with E-state index in [2.05, 4.69) is 4.98 Å². The van der Waals surface area contributed by atoms with Gasteiger partial charge in [0.15, 0.2) is 0 Å². The molecule has 0 aliphatic heterocycles. The largest absolute Gasteiger partial charge is 0.368 e. The Labute approximate surface area is 100 Å². The Bertz CT molecular complexity index is 513. The van der Waals surface area contributed by atoms with E-state index in [9.17, 15) is 8.42 Å². The van der Waals surface area contributed by atoms with E-state index in [1.807, 2.05) is 30.6 Å². The van der Waals surface area contributed by atoms with Gasteiger partial charge in [-0.3, -0.25) is 4.55 Å². The van der Waals surface area contributed by atoms with Gasteiger partial charge in [-0.05, 0) is 23.8 Å². The van der Waals surface area contributed by atoms with Gasteiger partial charge in [-0.1, -0.05) is 30.3 Å². The normalized spacial score (nSPS) is 10.9. The van der Waals surface area contributed by atoms with E-state index in [0.717, 1.165) is 11.0 Å². The first kappa shape index (κ1) is 13.2. The minimum atomic E-state index is -4.00. The molecule has 2 rings (SSSR count). The van der Waals surface area contributed by atoms with Crippen LogP contribution in [0.2, 0.25) is 0 Å². The average Bonchev–Trinajstić information content (AvgIpc) is 2.85. The Morgan fingerprint density at radius 2 is 1.59 bits per heavy atom. The van der Waals surface area contributed by atoms with Crippen LogP contribution in [0.5, 0.6) is 0 Å². The highest BCUT2D eigenvalue weighted by Crippen LogP contribution is 2.01. The van der Waals surface area contributed by atoms with E-state index in [0.29, 0.717) is 0 Å². The maximum absolute atomic E-state index is 10.3. The van der Waals surface area contributed by atoms with Crippen molar-refractivity contribution >= 4 is 16.2 Å². The fraction of sp³-hybridized carbons (Fsp3) is 0. The summed E-state index contributed by atoms with van der Waals surface area (Å²) in [6.07, 6.45) is 5.08. The zero-order valence-corrected chi connectivity index (χ0v) is 9.84. The number of H-pyrrole nitrogens is 1. The van der Waals surface area contributed by atoms with Crippen molar-refractivity contribution in [2.45, 2.75) is 0 Å². The fourth-order valence-corrected chi connectivity index (χ4v) is 1.34. The maximum Gasteiger partial charge on any atom is 0.287 e. The van der Waals surface area contributed by atoms with E-state index in [1.165, 1.54) is 6.08 Å². The van der Waals surface area contributed by atoms with Crippen molar-refractivity contribution in [3.05, 3.63) is 65.8 Å². The summed E-state index contributed by atoms with van der Waals surface area (Å²) in [7, 11) is -4.00. The van der Waals surface area contributed by atoms with Gasteiger partial charge in [-0.2, -0.15) is 8.42 Å². The third kappa shape index (κ3) is 7.10. The van der Waals surface area contributed by atoms with Crippen LogP contribution in [-0.2, 0) is 10.1 Å². The molecule has 0 saturated carbocycles. The van der Waals surface area contributed by atoms with E-state index in [1.54, 1.807) is 24.3 Å². The fourth-order valence-electron chi connectivity index (χ4n) is 1.01. The highest BCUT2D eigenvalue weighted by Gasteiger charge is 1.94. The van der Waals surface area contributed by atoms with Gasteiger partial charge in [0.25, 0.3) is 10.1 Å². The molecule has 0 radical (unpaired) electrons. The van der Waals surface area contributed by atoms with Gasteiger partial charge < -0.3 is 4.98 Å². The summed E-state index contributed by atoms with van der Waals surface area (Å²) < 4.78 is 28.9.